The molecule has 1 rings (SSSR count). The van der Waals surface area contributed by atoms with E-state index in [9.17, 15) is 9.59 Å². The van der Waals surface area contributed by atoms with E-state index in [-0.39, 0.29) is 17.4 Å². The number of phenols is 2. The van der Waals surface area contributed by atoms with Crippen molar-refractivity contribution < 1.29 is 30.0 Å². The zero-order chi connectivity index (χ0) is 10.9. The van der Waals surface area contributed by atoms with E-state index in [0.29, 0.717) is 0 Å². The summed E-state index contributed by atoms with van der Waals surface area (Å²) in [6.45, 7) is 0. The van der Waals surface area contributed by atoms with Crippen LogP contribution in [0.2, 0.25) is 0 Å². The van der Waals surface area contributed by atoms with Gasteiger partial charge in [-0.05, 0) is 12.1 Å². The van der Waals surface area contributed by atoms with Crippen molar-refractivity contribution in [2.75, 3.05) is 0 Å². The van der Waals surface area contributed by atoms with Crippen molar-refractivity contribution in [3.63, 3.8) is 0 Å². The van der Waals surface area contributed by atoms with Crippen LogP contribution >= 0.6 is 0 Å². The Morgan fingerprint density at radius 2 is 1.13 bits per heavy atom. The van der Waals surface area contributed by atoms with Crippen molar-refractivity contribution in [1.82, 2.24) is 0 Å². The van der Waals surface area contributed by atoms with Crippen LogP contribution in [0.1, 0.15) is 20.7 Å². The van der Waals surface area contributed by atoms with E-state index >= 15 is 0 Å². The van der Waals surface area contributed by atoms with Crippen LogP contribution in [0.4, 0.5) is 0 Å². The molecule has 0 amide bonds. The van der Waals surface area contributed by atoms with E-state index in [0.717, 1.165) is 12.1 Å². The predicted octanol–water partition coefficient (Wildman–Crippen LogP) is -0.690. The van der Waals surface area contributed by atoms with Gasteiger partial charge in [-0.1, -0.05) is 0 Å². The molecule has 0 aliphatic heterocycles. The van der Waals surface area contributed by atoms with Gasteiger partial charge in [0.2, 0.25) is 0 Å². The molecule has 0 bridgehead atoms. The Kier molecular flexibility index (Phi) is 4.15. The fraction of sp³-hybridized carbons (Fsp3) is 0. The van der Waals surface area contributed by atoms with Gasteiger partial charge in [-0.25, -0.2) is 9.59 Å². The molecular weight excluding hydrogens is 219 g/mol. The summed E-state index contributed by atoms with van der Waals surface area (Å²) in [5.41, 5.74) is -1.10. The number of hydrogen-bond donors (Lipinski definition) is 4. The first-order valence-electron chi connectivity index (χ1n) is 3.46. The van der Waals surface area contributed by atoms with Gasteiger partial charge in [-0.3, -0.25) is 0 Å². The zero-order valence-electron chi connectivity index (χ0n) is 6.76. The largest absolute Gasteiger partial charge is 0.504 e. The Balaban J connectivity index is 0.00000196. The monoisotopic (exact) mass is 228 g/mol. The molecule has 1 aromatic rings. The second-order valence-corrected chi connectivity index (χ2v) is 2.47. The Labute approximate surface area is 94.5 Å². The summed E-state index contributed by atoms with van der Waals surface area (Å²) >= 11 is 0. The fourth-order valence-corrected chi connectivity index (χ4v) is 0.925. The normalized spacial score (nSPS) is 9.07. The highest BCUT2D eigenvalue weighted by atomic mass is 27.0. The summed E-state index contributed by atoms with van der Waals surface area (Å²) in [4.78, 5) is 20.9. The minimum absolute atomic E-state index is 0. The number of aromatic carboxylic acids is 2. The number of carboxylic acids is 2. The average molecular weight is 228 g/mol. The molecule has 80 valence electrons. The number of hydrogen-bond acceptors (Lipinski definition) is 4. The topological polar surface area (TPSA) is 115 Å². The molecule has 0 saturated carbocycles. The Hall–Kier alpha value is -1.71. The molecule has 1 aromatic carbocycles. The summed E-state index contributed by atoms with van der Waals surface area (Å²) in [6.07, 6.45) is 0. The van der Waals surface area contributed by atoms with Gasteiger partial charge in [0, 0.05) is 0 Å². The maximum Gasteiger partial charge on any atom is 0.339 e. The average Bonchev–Trinajstić information content (AvgIpc) is 2.08. The maximum absolute atomic E-state index is 10.4. The summed E-state index contributed by atoms with van der Waals surface area (Å²) < 4.78 is 0. The lowest BCUT2D eigenvalue weighted by molar-refractivity contribution is 0.0674. The summed E-state index contributed by atoms with van der Waals surface area (Å²) in [7, 11) is 0. The van der Waals surface area contributed by atoms with Gasteiger partial charge in [-0.15, -0.1) is 0 Å². The SMILES string of the molecule is O=C(O)c1ccc(C(=O)O)c(O)c1O.[AlH3]. The van der Waals surface area contributed by atoms with Crippen LogP contribution < -0.4 is 0 Å². The Morgan fingerprint density at radius 1 is 0.867 bits per heavy atom. The van der Waals surface area contributed by atoms with Gasteiger partial charge < -0.3 is 20.4 Å². The molecule has 0 fully saturated rings. The molecule has 0 aliphatic carbocycles. The molecule has 0 unspecified atom stereocenters. The number of benzene rings is 1. The Bertz CT molecular complexity index is 375. The van der Waals surface area contributed by atoms with Gasteiger partial charge in [0.15, 0.2) is 28.9 Å². The van der Waals surface area contributed by atoms with Crippen molar-refractivity contribution in [3.05, 3.63) is 23.3 Å². The molecule has 7 heteroatoms. The fourth-order valence-electron chi connectivity index (χ4n) is 0.925. The first-order chi connectivity index (χ1) is 6.45. The van der Waals surface area contributed by atoms with Crippen LogP contribution in [0.15, 0.2) is 12.1 Å². The summed E-state index contributed by atoms with van der Waals surface area (Å²) in [5, 5.41) is 35.2. The molecule has 0 saturated heterocycles. The van der Waals surface area contributed by atoms with Gasteiger partial charge in [0.05, 0.1) is 0 Å². The maximum atomic E-state index is 10.4. The van der Waals surface area contributed by atoms with Gasteiger partial charge in [-0.2, -0.15) is 0 Å². The smallest absolute Gasteiger partial charge is 0.339 e. The van der Waals surface area contributed by atoms with E-state index < -0.39 is 34.6 Å². The van der Waals surface area contributed by atoms with Gasteiger partial charge in [0.25, 0.3) is 0 Å². The second-order valence-electron chi connectivity index (χ2n) is 2.47. The summed E-state index contributed by atoms with van der Waals surface area (Å²) in [5.74, 6) is -4.79. The molecule has 0 aromatic heterocycles. The number of carbonyl (C=O) groups is 2. The van der Waals surface area contributed by atoms with Crippen molar-refractivity contribution in [1.29, 1.82) is 0 Å². The van der Waals surface area contributed by atoms with E-state index in [1.54, 1.807) is 0 Å². The molecule has 0 spiro atoms. The van der Waals surface area contributed by atoms with Gasteiger partial charge >= 0.3 is 11.9 Å². The van der Waals surface area contributed by atoms with E-state index in [2.05, 4.69) is 0 Å². The number of carboxylic acid groups (broad SMARTS) is 2. The standard InChI is InChI=1S/C8H6O6.Al.3H/c9-5-3(7(11)12)1-2-4(6(5)10)8(13)14;;;;/h1-2,9-10H,(H,11,12)(H,13,14);;;;. The van der Waals surface area contributed by atoms with Crippen LogP contribution in [-0.2, 0) is 0 Å². The molecular formula is C8H9AlO6. The second kappa shape index (κ2) is 4.68. The lowest BCUT2D eigenvalue weighted by Gasteiger charge is -2.04. The molecule has 4 N–H and O–H groups in total. The predicted molar refractivity (Wildman–Crippen MR) is 53.6 cm³/mol. The molecule has 0 atom stereocenters. The molecule has 15 heavy (non-hydrogen) atoms. The lowest BCUT2D eigenvalue weighted by Crippen LogP contribution is -2.01. The van der Waals surface area contributed by atoms with Gasteiger partial charge in [0.1, 0.15) is 11.1 Å². The molecule has 0 radical (unpaired) electrons. The summed E-state index contributed by atoms with van der Waals surface area (Å²) in [6, 6.07) is 1.81. The highest BCUT2D eigenvalue weighted by Crippen LogP contribution is 2.32. The minimum atomic E-state index is -1.45. The highest BCUT2D eigenvalue weighted by Gasteiger charge is 2.19. The van der Waals surface area contributed by atoms with Crippen LogP contribution in [-0.4, -0.2) is 49.7 Å². The molecule has 0 aliphatic rings. The van der Waals surface area contributed by atoms with Crippen LogP contribution in [0.25, 0.3) is 0 Å². The molecule has 6 nitrogen and oxygen atoms in total. The van der Waals surface area contributed by atoms with E-state index in [1.165, 1.54) is 0 Å². The third-order valence-electron chi connectivity index (χ3n) is 1.61. The lowest BCUT2D eigenvalue weighted by atomic mass is 10.1. The quantitative estimate of drug-likeness (QED) is 0.393. The van der Waals surface area contributed by atoms with Crippen molar-refractivity contribution in [2.45, 2.75) is 0 Å². The van der Waals surface area contributed by atoms with Crippen molar-refractivity contribution in [3.8, 4) is 11.5 Å². The first-order valence-corrected chi connectivity index (χ1v) is 3.46. The Morgan fingerprint density at radius 3 is 1.33 bits per heavy atom. The highest BCUT2D eigenvalue weighted by molar-refractivity contribution is 5.97. The van der Waals surface area contributed by atoms with Crippen molar-refractivity contribution >= 4 is 29.3 Å². The zero-order valence-corrected chi connectivity index (χ0v) is 6.76. The third-order valence-corrected chi connectivity index (χ3v) is 1.61. The van der Waals surface area contributed by atoms with E-state index in [1.807, 2.05) is 0 Å². The van der Waals surface area contributed by atoms with Crippen LogP contribution in [0.5, 0.6) is 11.5 Å². The minimum Gasteiger partial charge on any atom is -0.504 e. The van der Waals surface area contributed by atoms with Crippen LogP contribution in [0.3, 0.4) is 0 Å². The first kappa shape index (κ1) is 13.3. The third kappa shape index (κ3) is 2.40. The van der Waals surface area contributed by atoms with E-state index in [4.69, 9.17) is 20.4 Å². The van der Waals surface area contributed by atoms with Crippen molar-refractivity contribution in [2.24, 2.45) is 0 Å². The number of aromatic hydroxyl groups is 2. The number of rotatable bonds is 2. The molecule has 0 heterocycles. The van der Waals surface area contributed by atoms with Crippen LogP contribution in [0, 0.1) is 0 Å².